The first-order chi connectivity index (χ1) is 10.3. The molecule has 2 rings (SSSR count). The zero-order chi connectivity index (χ0) is 16.4. The number of anilines is 1. The van der Waals surface area contributed by atoms with Gasteiger partial charge in [0.05, 0.1) is 6.04 Å². The zero-order valence-electron chi connectivity index (χ0n) is 11.9. The van der Waals surface area contributed by atoms with Crippen LogP contribution in [0.15, 0.2) is 30.3 Å². The molecule has 0 saturated carbocycles. The van der Waals surface area contributed by atoms with Crippen LogP contribution >= 0.6 is 11.6 Å². The normalized spacial score (nSPS) is 12.5. The summed E-state index contributed by atoms with van der Waals surface area (Å²) in [5.41, 5.74) is -0.117. The lowest BCUT2D eigenvalue weighted by atomic mass is 9.95. The molecule has 6 heteroatoms. The zero-order valence-corrected chi connectivity index (χ0v) is 12.7. The van der Waals surface area contributed by atoms with E-state index in [0.29, 0.717) is 0 Å². The Morgan fingerprint density at radius 2 is 1.36 bits per heavy atom. The Hall–Kier alpha value is -1.75. The Bertz CT molecular complexity index is 645. The fourth-order valence-electron chi connectivity index (χ4n) is 2.18. The van der Waals surface area contributed by atoms with Gasteiger partial charge in [-0.3, -0.25) is 0 Å². The summed E-state index contributed by atoms with van der Waals surface area (Å²) >= 11 is 5.22. The van der Waals surface area contributed by atoms with E-state index in [1.807, 2.05) is 13.8 Å². The van der Waals surface area contributed by atoms with E-state index in [1.54, 1.807) is 30.3 Å². The Morgan fingerprint density at radius 3 is 1.82 bits per heavy atom. The minimum absolute atomic E-state index is 0.0806. The van der Waals surface area contributed by atoms with Gasteiger partial charge in [-0.05, 0) is 11.5 Å². The summed E-state index contributed by atoms with van der Waals surface area (Å²) in [6.07, 6.45) is 0. The van der Waals surface area contributed by atoms with Gasteiger partial charge in [0.15, 0.2) is 23.3 Å². The van der Waals surface area contributed by atoms with E-state index in [0.717, 1.165) is 5.56 Å². The molecule has 1 N–H and O–H groups in total. The van der Waals surface area contributed by atoms with Gasteiger partial charge in [0, 0.05) is 0 Å². The number of rotatable bonds is 4. The first-order valence-electron chi connectivity index (χ1n) is 6.67. The summed E-state index contributed by atoms with van der Waals surface area (Å²) < 4.78 is 54.9. The quantitative estimate of drug-likeness (QED) is 0.430. The van der Waals surface area contributed by atoms with Crippen molar-refractivity contribution < 1.29 is 17.6 Å². The molecule has 0 fully saturated rings. The summed E-state index contributed by atoms with van der Waals surface area (Å²) in [7, 11) is 0. The van der Waals surface area contributed by atoms with Crippen molar-refractivity contribution in [1.82, 2.24) is 0 Å². The van der Waals surface area contributed by atoms with Crippen molar-refractivity contribution in [3.05, 3.63) is 64.2 Å². The van der Waals surface area contributed by atoms with Crippen molar-refractivity contribution in [3.8, 4) is 0 Å². The molecule has 0 saturated heterocycles. The topological polar surface area (TPSA) is 12.0 Å². The molecule has 0 heterocycles. The molecule has 0 amide bonds. The predicted octanol–water partition coefficient (Wildman–Crippen LogP) is 5.71. The summed E-state index contributed by atoms with van der Waals surface area (Å²) in [4.78, 5) is 0. The van der Waals surface area contributed by atoms with Crippen molar-refractivity contribution in [3.63, 3.8) is 0 Å². The highest BCUT2D eigenvalue weighted by Crippen LogP contribution is 2.34. The smallest absolute Gasteiger partial charge is 0.186 e. The predicted molar refractivity (Wildman–Crippen MR) is 78.9 cm³/mol. The molecule has 0 aromatic heterocycles. The van der Waals surface area contributed by atoms with Crippen molar-refractivity contribution >= 4 is 17.3 Å². The molecule has 0 bridgehead atoms. The lowest BCUT2D eigenvalue weighted by molar-refractivity contribution is 0.452. The van der Waals surface area contributed by atoms with Crippen molar-refractivity contribution in [2.24, 2.45) is 5.92 Å². The molecule has 0 aliphatic rings. The lowest BCUT2D eigenvalue weighted by Crippen LogP contribution is -2.19. The first kappa shape index (κ1) is 16.6. The molecule has 2 aromatic carbocycles. The maximum atomic E-state index is 13.9. The molecule has 1 nitrogen and oxygen atoms in total. The van der Waals surface area contributed by atoms with Crippen LogP contribution in [0, 0.1) is 29.2 Å². The number of hydrogen-bond donors (Lipinski definition) is 1. The number of hydrogen-bond acceptors (Lipinski definition) is 1. The number of nitrogens with one attached hydrogen (secondary N) is 1. The first-order valence-corrected chi connectivity index (χ1v) is 7.05. The lowest BCUT2D eigenvalue weighted by Gasteiger charge is -2.25. The third-order valence-electron chi connectivity index (χ3n) is 3.33. The van der Waals surface area contributed by atoms with Gasteiger partial charge >= 0.3 is 0 Å². The van der Waals surface area contributed by atoms with Gasteiger partial charge in [0.1, 0.15) is 10.7 Å². The maximum Gasteiger partial charge on any atom is 0.186 e. The van der Waals surface area contributed by atoms with Crippen LogP contribution in [0.1, 0.15) is 25.5 Å². The second-order valence-corrected chi connectivity index (χ2v) is 5.60. The van der Waals surface area contributed by atoms with Gasteiger partial charge in [0.2, 0.25) is 0 Å². The van der Waals surface area contributed by atoms with Crippen LogP contribution in [0.4, 0.5) is 23.2 Å². The summed E-state index contributed by atoms with van der Waals surface area (Å²) in [6.45, 7) is 3.65. The molecule has 0 aliphatic heterocycles. The number of benzene rings is 2. The molecule has 118 valence electrons. The minimum atomic E-state index is -1.61. The Morgan fingerprint density at radius 1 is 0.864 bits per heavy atom. The highest BCUT2D eigenvalue weighted by atomic mass is 35.5. The Labute approximate surface area is 130 Å². The van der Waals surface area contributed by atoms with E-state index < -0.39 is 40.0 Å². The second kappa shape index (κ2) is 6.57. The standard InChI is InChI=1S/C16H14ClF4N/c1-8(2)15(9-6-4-3-5-7-9)22-16-13(20)11(18)10(17)12(19)14(16)21/h3-8,15,22H,1-2H3. The van der Waals surface area contributed by atoms with Gasteiger partial charge in [0.25, 0.3) is 0 Å². The Kier molecular flexibility index (Phi) is 4.96. The molecule has 22 heavy (non-hydrogen) atoms. The van der Waals surface area contributed by atoms with Crippen LogP contribution in [0.2, 0.25) is 5.02 Å². The molecular formula is C16H14ClF4N. The molecule has 0 aliphatic carbocycles. The monoisotopic (exact) mass is 331 g/mol. The van der Waals surface area contributed by atoms with Crippen LogP contribution in [-0.4, -0.2) is 0 Å². The van der Waals surface area contributed by atoms with Gasteiger partial charge in [-0.25, -0.2) is 17.6 Å². The second-order valence-electron chi connectivity index (χ2n) is 5.22. The van der Waals surface area contributed by atoms with Gasteiger partial charge in [-0.1, -0.05) is 55.8 Å². The molecule has 1 unspecified atom stereocenters. The molecule has 0 spiro atoms. The third kappa shape index (κ3) is 3.04. The van der Waals surface area contributed by atoms with Gasteiger partial charge in [-0.2, -0.15) is 0 Å². The van der Waals surface area contributed by atoms with Crippen LogP contribution < -0.4 is 5.32 Å². The van der Waals surface area contributed by atoms with Crippen LogP contribution in [0.3, 0.4) is 0 Å². The SMILES string of the molecule is CC(C)C(Nc1c(F)c(F)c(Cl)c(F)c1F)c1ccccc1. The van der Waals surface area contributed by atoms with Gasteiger partial charge in [-0.15, -0.1) is 0 Å². The summed E-state index contributed by atoms with van der Waals surface area (Å²) in [5.74, 6) is -6.38. The van der Waals surface area contributed by atoms with Gasteiger partial charge < -0.3 is 5.32 Å². The minimum Gasteiger partial charge on any atom is -0.373 e. The molecule has 0 radical (unpaired) electrons. The Balaban J connectivity index is 2.48. The van der Waals surface area contributed by atoms with Crippen molar-refractivity contribution in [1.29, 1.82) is 0 Å². The average Bonchev–Trinajstić information content (AvgIpc) is 2.51. The van der Waals surface area contributed by atoms with E-state index in [1.165, 1.54) is 0 Å². The maximum absolute atomic E-state index is 13.9. The largest absolute Gasteiger partial charge is 0.373 e. The van der Waals surface area contributed by atoms with E-state index in [9.17, 15) is 17.6 Å². The van der Waals surface area contributed by atoms with Crippen LogP contribution in [0.25, 0.3) is 0 Å². The highest BCUT2D eigenvalue weighted by Gasteiger charge is 2.27. The fraction of sp³-hybridized carbons (Fsp3) is 0.250. The van der Waals surface area contributed by atoms with E-state index >= 15 is 0 Å². The fourth-order valence-corrected chi connectivity index (χ4v) is 2.35. The van der Waals surface area contributed by atoms with Crippen molar-refractivity contribution in [2.75, 3.05) is 5.32 Å². The van der Waals surface area contributed by atoms with Crippen LogP contribution in [-0.2, 0) is 0 Å². The van der Waals surface area contributed by atoms with E-state index in [2.05, 4.69) is 5.32 Å². The van der Waals surface area contributed by atoms with E-state index in [-0.39, 0.29) is 5.92 Å². The molecular weight excluding hydrogens is 318 g/mol. The summed E-state index contributed by atoms with van der Waals surface area (Å²) in [6, 6.07) is 8.32. The number of halogens is 5. The third-order valence-corrected chi connectivity index (χ3v) is 3.67. The van der Waals surface area contributed by atoms with E-state index in [4.69, 9.17) is 11.6 Å². The van der Waals surface area contributed by atoms with Crippen LogP contribution in [0.5, 0.6) is 0 Å². The molecule has 1 atom stereocenters. The molecule has 2 aromatic rings. The average molecular weight is 332 g/mol. The highest BCUT2D eigenvalue weighted by molar-refractivity contribution is 6.31. The van der Waals surface area contributed by atoms with Crippen molar-refractivity contribution in [2.45, 2.75) is 19.9 Å². The summed E-state index contributed by atoms with van der Waals surface area (Å²) in [5, 5.41) is 1.36.